The van der Waals surface area contributed by atoms with Crippen molar-refractivity contribution >= 4 is 81.0 Å². The van der Waals surface area contributed by atoms with Crippen LogP contribution in [0.5, 0.6) is 0 Å². The lowest BCUT2D eigenvalue weighted by Crippen LogP contribution is -2.18. The average Bonchev–Trinajstić information content (AvgIpc) is 2.80. The van der Waals surface area contributed by atoms with Gasteiger partial charge in [-0.25, -0.2) is 0 Å². The van der Waals surface area contributed by atoms with Crippen LogP contribution < -0.4 is 10.6 Å². The number of carbonyl (C=O) groups excluding carboxylic acids is 2. The van der Waals surface area contributed by atoms with Crippen molar-refractivity contribution in [2.24, 2.45) is 0 Å². The summed E-state index contributed by atoms with van der Waals surface area (Å²) in [6.45, 7) is 3.11. The maximum absolute atomic E-state index is 12.9. The van der Waals surface area contributed by atoms with E-state index >= 15 is 0 Å². The third kappa shape index (κ3) is 5.36. The molecule has 0 unspecified atom stereocenters. The molecule has 0 saturated heterocycles. The molecule has 0 bridgehead atoms. The van der Waals surface area contributed by atoms with Gasteiger partial charge in [0.15, 0.2) is 0 Å². The van der Waals surface area contributed by atoms with Crippen LogP contribution in [0.15, 0.2) is 36.4 Å². The van der Waals surface area contributed by atoms with Crippen LogP contribution in [0.2, 0.25) is 20.1 Å². The first-order chi connectivity index (χ1) is 16.8. The standard InChI is InChI=1S/C22H14Cl4N4O6/c1-9-7-11(29(33)34)3-5-13(9)27-21(31)15-17(23)19(25)16(20(26)18(15)24)22(32)28-14-6-4-12(30(35)36)8-10(14)2/h3-8H,1-2H3,(H,27,31)(H,28,32). The second-order valence-corrected chi connectivity index (χ2v) is 8.94. The number of aryl methyl sites for hydroxylation is 2. The number of carbonyl (C=O) groups is 2. The predicted octanol–water partition coefficient (Wildman–Crippen LogP) is 7.24. The highest BCUT2D eigenvalue weighted by molar-refractivity contribution is 6.53. The van der Waals surface area contributed by atoms with Gasteiger partial charge in [0, 0.05) is 35.6 Å². The van der Waals surface area contributed by atoms with Gasteiger partial charge in [-0.1, -0.05) is 46.4 Å². The number of nitro groups is 2. The lowest BCUT2D eigenvalue weighted by Gasteiger charge is -2.16. The van der Waals surface area contributed by atoms with Crippen LogP contribution in [0.25, 0.3) is 0 Å². The maximum Gasteiger partial charge on any atom is 0.269 e. The molecular formula is C22H14Cl4N4O6. The summed E-state index contributed by atoms with van der Waals surface area (Å²) in [6.07, 6.45) is 0. The van der Waals surface area contributed by atoms with E-state index in [1.165, 1.54) is 36.4 Å². The molecule has 186 valence electrons. The SMILES string of the molecule is Cc1cc([N+](=O)[O-])ccc1NC(=O)c1c(Cl)c(Cl)c(C(=O)Nc2ccc([N+](=O)[O-])cc2C)c(Cl)c1Cl. The fourth-order valence-corrected chi connectivity index (χ4v) is 4.40. The van der Waals surface area contributed by atoms with E-state index in [1.807, 2.05) is 0 Å². The summed E-state index contributed by atoms with van der Waals surface area (Å²) in [7, 11) is 0. The van der Waals surface area contributed by atoms with Crippen LogP contribution in [0.1, 0.15) is 31.8 Å². The third-order valence-corrected chi connectivity index (χ3v) is 6.76. The van der Waals surface area contributed by atoms with Gasteiger partial charge in [-0.05, 0) is 37.1 Å². The molecule has 0 spiro atoms. The highest BCUT2D eigenvalue weighted by atomic mass is 35.5. The molecule has 36 heavy (non-hydrogen) atoms. The number of nitro benzene ring substituents is 2. The van der Waals surface area contributed by atoms with Gasteiger partial charge in [-0.15, -0.1) is 0 Å². The Balaban J connectivity index is 1.95. The fourth-order valence-electron chi connectivity index (χ4n) is 3.20. The Morgan fingerprint density at radius 1 is 0.667 bits per heavy atom. The lowest BCUT2D eigenvalue weighted by molar-refractivity contribution is -0.385. The highest BCUT2D eigenvalue weighted by Gasteiger charge is 2.28. The molecular weight excluding hydrogens is 558 g/mol. The zero-order valence-electron chi connectivity index (χ0n) is 18.3. The number of hydrogen-bond donors (Lipinski definition) is 2. The summed E-state index contributed by atoms with van der Waals surface area (Å²) in [6, 6.07) is 7.63. The van der Waals surface area contributed by atoms with E-state index < -0.39 is 21.7 Å². The summed E-state index contributed by atoms with van der Waals surface area (Å²) in [4.78, 5) is 46.6. The second kappa shape index (κ2) is 10.7. The Labute approximate surface area is 223 Å². The van der Waals surface area contributed by atoms with E-state index in [0.29, 0.717) is 11.1 Å². The number of rotatable bonds is 6. The first kappa shape index (κ1) is 27.2. The highest BCUT2D eigenvalue weighted by Crippen LogP contribution is 2.42. The predicted molar refractivity (Wildman–Crippen MR) is 138 cm³/mol. The number of nitrogens with one attached hydrogen (secondary N) is 2. The minimum absolute atomic E-state index is 0.161. The first-order valence-corrected chi connectivity index (χ1v) is 11.3. The van der Waals surface area contributed by atoms with Crippen molar-refractivity contribution in [3.8, 4) is 0 Å². The molecule has 2 N–H and O–H groups in total. The lowest BCUT2D eigenvalue weighted by atomic mass is 10.1. The van der Waals surface area contributed by atoms with Gasteiger partial charge in [0.2, 0.25) is 0 Å². The number of non-ortho nitro benzene ring substituents is 2. The summed E-state index contributed by atoms with van der Waals surface area (Å²) in [5.41, 5.74) is 0.356. The van der Waals surface area contributed by atoms with E-state index in [-0.39, 0.29) is 54.0 Å². The van der Waals surface area contributed by atoms with E-state index in [1.54, 1.807) is 13.8 Å². The molecule has 14 heteroatoms. The fraction of sp³-hybridized carbons (Fsp3) is 0.0909. The number of amides is 2. The van der Waals surface area contributed by atoms with Crippen molar-refractivity contribution in [3.05, 3.63) is 99.0 Å². The van der Waals surface area contributed by atoms with Crippen LogP contribution in [0.4, 0.5) is 22.7 Å². The third-order valence-electron chi connectivity index (χ3n) is 5.06. The molecule has 0 aliphatic rings. The van der Waals surface area contributed by atoms with Gasteiger partial charge < -0.3 is 10.6 Å². The summed E-state index contributed by atoms with van der Waals surface area (Å²) < 4.78 is 0. The maximum atomic E-state index is 12.9. The molecule has 0 radical (unpaired) electrons. The monoisotopic (exact) mass is 570 g/mol. The van der Waals surface area contributed by atoms with Crippen molar-refractivity contribution in [1.29, 1.82) is 0 Å². The Morgan fingerprint density at radius 3 is 1.22 bits per heavy atom. The van der Waals surface area contributed by atoms with Crippen LogP contribution >= 0.6 is 46.4 Å². The summed E-state index contributed by atoms with van der Waals surface area (Å²) in [5.74, 6) is -1.63. The molecule has 0 aliphatic heterocycles. The van der Waals surface area contributed by atoms with Crippen LogP contribution in [0, 0.1) is 34.1 Å². The second-order valence-electron chi connectivity index (χ2n) is 7.43. The topological polar surface area (TPSA) is 144 Å². The van der Waals surface area contributed by atoms with E-state index in [2.05, 4.69) is 10.6 Å². The minimum Gasteiger partial charge on any atom is -0.322 e. The summed E-state index contributed by atoms with van der Waals surface area (Å²) in [5, 5.41) is 25.5. The zero-order valence-corrected chi connectivity index (χ0v) is 21.3. The number of benzene rings is 3. The molecule has 0 aliphatic carbocycles. The molecule has 0 saturated carbocycles. The Hall–Kier alpha value is -3.44. The van der Waals surface area contributed by atoms with E-state index in [9.17, 15) is 29.8 Å². The first-order valence-electron chi connectivity index (χ1n) is 9.82. The van der Waals surface area contributed by atoms with Crippen molar-refractivity contribution in [3.63, 3.8) is 0 Å². The minimum atomic E-state index is -0.816. The van der Waals surface area contributed by atoms with Crippen molar-refractivity contribution in [2.45, 2.75) is 13.8 Å². The molecule has 3 aromatic carbocycles. The van der Waals surface area contributed by atoms with Crippen molar-refractivity contribution in [1.82, 2.24) is 0 Å². The van der Waals surface area contributed by atoms with Crippen LogP contribution in [0.3, 0.4) is 0 Å². The van der Waals surface area contributed by atoms with Gasteiger partial charge in [0.05, 0.1) is 41.1 Å². The van der Waals surface area contributed by atoms with Gasteiger partial charge in [0.1, 0.15) is 0 Å². The number of nitrogens with zero attached hydrogens (tertiary/aromatic N) is 2. The zero-order chi connectivity index (χ0) is 26.9. The van der Waals surface area contributed by atoms with Gasteiger partial charge in [-0.3, -0.25) is 29.8 Å². The molecule has 0 heterocycles. The molecule has 0 fully saturated rings. The van der Waals surface area contributed by atoms with E-state index in [4.69, 9.17) is 46.4 Å². The molecule has 3 rings (SSSR count). The average molecular weight is 572 g/mol. The van der Waals surface area contributed by atoms with Crippen molar-refractivity contribution < 1.29 is 19.4 Å². The van der Waals surface area contributed by atoms with Gasteiger partial charge in [-0.2, -0.15) is 0 Å². The quantitative estimate of drug-likeness (QED) is 0.181. The smallest absolute Gasteiger partial charge is 0.269 e. The normalized spacial score (nSPS) is 10.6. The molecule has 3 aromatic rings. The van der Waals surface area contributed by atoms with E-state index in [0.717, 1.165) is 0 Å². The number of hydrogen-bond acceptors (Lipinski definition) is 6. The molecule has 0 atom stereocenters. The molecule has 0 aromatic heterocycles. The number of anilines is 2. The summed E-state index contributed by atoms with van der Waals surface area (Å²) >= 11 is 25.2. The van der Waals surface area contributed by atoms with Gasteiger partial charge >= 0.3 is 0 Å². The Morgan fingerprint density at radius 2 is 0.972 bits per heavy atom. The van der Waals surface area contributed by atoms with Crippen LogP contribution in [-0.4, -0.2) is 21.7 Å². The molecule has 2 amide bonds. The Kier molecular flexibility index (Phi) is 8.05. The van der Waals surface area contributed by atoms with Gasteiger partial charge in [0.25, 0.3) is 23.2 Å². The van der Waals surface area contributed by atoms with Crippen LogP contribution in [-0.2, 0) is 0 Å². The largest absolute Gasteiger partial charge is 0.322 e. The Bertz CT molecular complexity index is 1320. The number of halogens is 4. The van der Waals surface area contributed by atoms with Crippen molar-refractivity contribution in [2.75, 3.05) is 10.6 Å². The molecule has 10 nitrogen and oxygen atoms in total.